The average molecular weight is 299 g/mol. The second-order valence-electron chi connectivity index (χ2n) is 5.10. The molecule has 0 saturated carbocycles. The van der Waals surface area contributed by atoms with E-state index in [1.54, 1.807) is 0 Å². The van der Waals surface area contributed by atoms with Gasteiger partial charge in [-0.1, -0.05) is 18.3 Å². The van der Waals surface area contributed by atoms with E-state index in [4.69, 9.17) is 5.73 Å². The molecule has 0 spiro atoms. The third kappa shape index (κ3) is 4.35. The van der Waals surface area contributed by atoms with Gasteiger partial charge in [-0.3, -0.25) is 4.79 Å². The molecule has 0 aliphatic heterocycles. The van der Waals surface area contributed by atoms with Crippen molar-refractivity contribution in [2.24, 2.45) is 0 Å². The SMILES string of the molecule is CCC(C)N(C)CCNC(=O)c1sc(N(C)C)nc1N. The van der Waals surface area contributed by atoms with Crippen LogP contribution in [-0.4, -0.2) is 56.1 Å². The van der Waals surface area contributed by atoms with E-state index >= 15 is 0 Å². The summed E-state index contributed by atoms with van der Waals surface area (Å²) in [5.41, 5.74) is 5.78. The third-order valence-electron chi connectivity index (χ3n) is 3.32. The fraction of sp³-hybridized carbons (Fsp3) is 0.692. The first kappa shape index (κ1) is 16.7. The van der Waals surface area contributed by atoms with Gasteiger partial charge in [-0.05, 0) is 20.4 Å². The topological polar surface area (TPSA) is 74.5 Å². The summed E-state index contributed by atoms with van der Waals surface area (Å²) in [5, 5.41) is 3.63. The molecular weight excluding hydrogens is 274 g/mol. The number of nitrogens with one attached hydrogen (secondary N) is 1. The number of nitrogens with zero attached hydrogens (tertiary/aromatic N) is 3. The van der Waals surface area contributed by atoms with E-state index in [2.05, 4.69) is 36.1 Å². The van der Waals surface area contributed by atoms with Gasteiger partial charge in [-0.15, -0.1) is 0 Å². The number of nitrogen functional groups attached to an aromatic ring is 1. The molecule has 1 aromatic rings. The van der Waals surface area contributed by atoms with Crippen LogP contribution in [0.25, 0.3) is 0 Å². The molecule has 1 unspecified atom stereocenters. The Labute approximate surface area is 125 Å². The van der Waals surface area contributed by atoms with E-state index in [1.807, 2.05) is 19.0 Å². The zero-order valence-corrected chi connectivity index (χ0v) is 13.8. The fourth-order valence-electron chi connectivity index (χ4n) is 1.63. The van der Waals surface area contributed by atoms with Crippen LogP contribution in [0.4, 0.5) is 10.9 Å². The Bertz CT molecular complexity index is 446. The number of hydrogen-bond acceptors (Lipinski definition) is 6. The van der Waals surface area contributed by atoms with E-state index in [1.165, 1.54) is 11.3 Å². The van der Waals surface area contributed by atoms with Crippen molar-refractivity contribution in [2.75, 3.05) is 44.9 Å². The summed E-state index contributed by atoms with van der Waals surface area (Å²) < 4.78 is 0. The van der Waals surface area contributed by atoms with Crippen LogP contribution in [0, 0.1) is 0 Å². The Kier molecular flexibility index (Phi) is 6.22. The van der Waals surface area contributed by atoms with Crippen molar-refractivity contribution in [3.05, 3.63) is 4.88 Å². The van der Waals surface area contributed by atoms with Gasteiger partial charge >= 0.3 is 0 Å². The number of thiazole rings is 1. The minimum atomic E-state index is -0.148. The molecule has 0 bridgehead atoms. The van der Waals surface area contributed by atoms with Gasteiger partial charge in [-0.2, -0.15) is 0 Å². The Morgan fingerprint density at radius 3 is 2.60 bits per heavy atom. The maximum atomic E-state index is 12.1. The second kappa shape index (κ2) is 7.44. The van der Waals surface area contributed by atoms with Crippen LogP contribution >= 0.6 is 11.3 Å². The molecule has 0 aliphatic carbocycles. The van der Waals surface area contributed by atoms with Crippen molar-refractivity contribution in [3.8, 4) is 0 Å². The molecule has 0 radical (unpaired) electrons. The van der Waals surface area contributed by atoms with E-state index < -0.39 is 0 Å². The van der Waals surface area contributed by atoms with Crippen LogP contribution < -0.4 is 16.0 Å². The Morgan fingerprint density at radius 2 is 2.10 bits per heavy atom. The number of rotatable bonds is 7. The van der Waals surface area contributed by atoms with Crippen LogP contribution in [0.5, 0.6) is 0 Å². The molecule has 1 amide bonds. The van der Waals surface area contributed by atoms with E-state index in [0.717, 1.165) is 18.1 Å². The Morgan fingerprint density at radius 1 is 1.45 bits per heavy atom. The molecule has 20 heavy (non-hydrogen) atoms. The highest BCUT2D eigenvalue weighted by molar-refractivity contribution is 7.18. The number of aromatic nitrogens is 1. The number of hydrogen-bond donors (Lipinski definition) is 2. The van der Waals surface area contributed by atoms with Crippen LogP contribution in [0.3, 0.4) is 0 Å². The molecule has 1 aromatic heterocycles. The van der Waals surface area contributed by atoms with E-state index in [9.17, 15) is 4.79 Å². The highest BCUT2D eigenvalue weighted by Crippen LogP contribution is 2.26. The fourth-order valence-corrected chi connectivity index (χ4v) is 2.46. The normalized spacial score (nSPS) is 12.5. The first-order valence-corrected chi connectivity index (χ1v) is 7.60. The third-order valence-corrected chi connectivity index (χ3v) is 4.56. The summed E-state index contributed by atoms with van der Waals surface area (Å²) in [4.78, 5) is 20.8. The van der Waals surface area contributed by atoms with Crippen molar-refractivity contribution >= 4 is 28.2 Å². The zero-order chi connectivity index (χ0) is 15.3. The second-order valence-corrected chi connectivity index (χ2v) is 6.08. The van der Waals surface area contributed by atoms with Gasteiger partial charge < -0.3 is 20.9 Å². The zero-order valence-electron chi connectivity index (χ0n) is 12.9. The number of likely N-dealkylation sites (N-methyl/N-ethyl adjacent to an activating group) is 1. The highest BCUT2D eigenvalue weighted by atomic mass is 32.1. The predicted molar refractivity (Wildman–Crippen MR) is 85.6 cm³/mol. The van der Waals surface area contributed by atoms with E-state index in [0.29, 0.717) is 23.3 Å². The largest absolute Gasteiger partial charge is 0.382 e. The summed E-state index contributed by atoms with van der Waals surface area (Å²) >= 11 is 1.31. The van der Waals surface area contributed by atoms with Crippen molar-refractivity contribution < 1.29 is 4.79 Å². The summed E-state index contributed by atoms with van der Waals surface area (Å²) in [5.74, 6) is 0.150. The maximum absolute atomic E-state index is 12.1. The molecular formula is C13H25N5OS. The quantitative estimate of drug-likeness (QED) is 0.792. The smallest absolute Gasteiger partial charge is 0.265 e. The summed E-state index contributed by atoms with van der Waals surface area (Å²) in [6.07, 6.45) is 1.10. The number of nitrogens with two attached hydrogens (primary N) is 1. The highest BCUT2D eigenvalue weighted by Gasteiger charge is 2.17. The molecule has 0 aromatic carbocycles. The molecule has 7 heteroatoms. The lowest BCUT2D eigenvalue weighted by atomic mass is 10.2. The van der Waals surface area contributed by atoms with E-state index in [-0.39, 0.29) is 5.91 Å². The number of carbonyl (C=O) groups excluding carboxylic acids is 1. The van der Waals surface area contributed by atoms with Gasteiger partial charge in [-0.25, -0.2) is 4.98 Å². The van der Waals surface area contributed by atoms with Crippen LogP contribution in [-0.2, 0) is 0 Å². The van der Waals surface area contributed by atoms with Crippen LogP contribution in [0.2, 0.25) is 0 Å². The molecule has 1 rings (SSSR count). The lowest BCUT2D eigenvalue weighted by Crippen LogP contribution is -2.37. The maximum Gasteiger partial charge on any atom is 0.265 e. The molecule has 0 saturated heterocycles. The number of amides is 1. The van der Waals surface area contributed by atoms with Gasteiger partial charge in [0, 0.05) is 33.2 Å². The van der Waals surface area contributed by atoms with Gasteiger partial charge in [0.2, 0.25) is 0 Å². The molecule has 114 valence electrons. The first-order valence-electron chi connectivity index (χ1n) is 6.78. The molecule has 6 nitrogen and oxygen atoms in total. The molecule has 0 fully saturated rings. The lowest BCUT2D eigenvalue weighted by Gasteiger charge is -2.23. The first-order chi connectivity index (χ1) is 9.36. The lowest BCUT2D eigenvalue weighted by molar-refractivity contribution is 0.0952. The molecule has 1 atom stereocenters. The van der Waals surface area contributed by atoms with Gasteiger partial charge in [0.15, 0.2) is 5.13 Å². The summed E-state index contributed by atoms with van der Waals surface area (Å²) in [7, 11) is 5.81. The summed E-state index contributed by atoms with van der Waals surface area (Å²) in [6, 6.07) is 0.515. The Balaban J connectivity index is 2.51. The van der Waals surface area contributed by atoms with Gasteiger partial charge in [0.1, 0.15) is 10.7 Å². The average Bonchev–Trinajstić information content (AvgIpc) is 2.79. The minimum Gasteiger partial charge on any atom is -0.382 e. The number of carbonyl (C=O) groups is 1. The minimum absolute atomic E-state index is 0.148. The van der Waals surface area contributed by atoms with Crippen LogP contribution in [0.1, 0.15) is 29.9 Å². The van der Waals surface area contributed by atoms with Crippen molar-refractivity contribution in [2.45, 2.75) is 26.3 Å². The summed E-state index contributed by atoms with van der Waals surface area (Å²) in [6.45, 7) is 5.75. The monoisotopic (exact) mass is 299 g/mol. The van der Waals surface area contributed by atoms with Crippen molar-refractivity contribution in [3.63, 3.8) is 0 Å². The van der Waals surface area contributed by atoms with Gasteiger partial charge in [0.05, 0.1) is 0 Å². The predicted octanol–water partition coefficient (Wildman–Crippen LogP) is 1.25. The molecule has 0 aliphatic rings. The van der Waals surface area contributed by atoms with Crippen molar-refractivity contribution in [1.29, 1.82) is 0 Å². The van der Waals surface area contributed by atoms with Gasteiger partial charge in [0.25, 0.3) is 5.91 Å². The molecule has 3 N–H and O–H groups in total. The Hall–Kier alpha value is -1.34. The van der Waals surface area contributed by atoms with Crippen LogP contribution in [0.15, 0.2) is 0 Å². The number of anilines is 2. The van der Waals surface area contributed by atoms with Crippen molar-refractivity contribution in [1.82, 2.24) is 15.2 Å². The standard InChI is InChI=1S/C13H25N5OS/c1-6-9(2)18(5)8-7-15-12(19)10-11(14)16-13(20-10)17(3)4/h9H,6-8,14H2,1-5H3,(H,15,19). The molecule has 1 heterocycles.